The average Bonchev–Trinajstić information content (AvgIpc) is 3.09. The lowest BCUT2D eigenvalue weighted by Crippen LogP contribution is -2.47. The fourth-order valence-corrected chi connectivity index (χ4v) is 3.42. The molecule has 31 heavy (non-hydrogen) atoms. The van der Waals surface area contributed by atoms with Gasteiger partial charge in [-0.3, -0.25) is 0 Å². The van der Waals surface area contributed by atoms with Crippen molar-refractivity contribution in [1.82, 2.24) is 10.0 Å². The molecule has 0 saturated heterocycles. The van der Waals surface area contributed by atoms with E-state index in [1.807, 2.05) is 24.3 Å². The maximum Gasteiger partial charge on any atom is 0.434 e. The van der Waals surface area contributed by atoms with E-state index in [1.165, 1.54) is 22.2 Å². The van der Waals surface area contributed by atoms with Crippen molar-refractivity contribution in [3.63, 3.8) is 0 Å². The molecule has 1 unspecified atom stereocenters. The van der Waals surface area contributed by atoms with Crippen LogP contribution in [0.25, 0.3) is 5.70 Å². The Kier molecular flexibility index (Phi) is 7.00. The second-order valence-corrected chi connectivity index (χ2v) is 8.49. The summed E-state index contributed by atoms with van der Waals surface area (Å²) >= 11 is 3.40. The quantitative estimate of drug-likeness (QED) is 0.504. The van der Waals surface area contributed by atoms with Crippen LogP contribution in [0.1, 0.15) is 44.9 Å². The van der Waals surface area contributed by atoms with Crippen molar-refractivity contribution in [2.75, 3.05) is 0 Å². The van der Waals surface area contributed by atoms with E-state index in [0.29, 0.717) is 16.8 Å². The number of hydrazine groups is 1. The van der Waals surface area contributed by atoms with Gasteiger partial charge in [-0.25, -0.2) is 14.0 Å². The monoisotopic (exact) mass is 490 g/mol. The predicted molar refractivity (Wildman–Crippen MR) is 118 cm³/mol. The summed E-state index contributed by atoms with van der Waals surface area (Å²) < 4.78 is 25.2. The van der Waals surface area contributed by atoms with E-state index < -0.39 is 36.3 Å². The Morgan fingerprint density at radius 3 is 2.00 bits per heavy atom. The molecule has 1 aliphatic rings. The summed E-state index contributed by atoms with van der Waals surface area (Å²) in [5, 5.41) is 2.39. The highest BCUT2D eigenvalue weighted by molar-refractivity contribution is 9.10. The zero-order valence-corrected chi connectivity index (χ0v) is 19.3. The summed E-state index contributed by atoms with van der Waals surface area (Å²) in [5.74, 6) is -0.397. The number of hydrogen-bond acceptors (Lipinski definition) is 4. The van der Waals surface area contributed by atoms with E-state index >= 15 is 0 Å². The number of amides is 2. The molecule has 0 saturated carbocycles. The van der Waals surface area contributed by atoms with Gasteiger partial charge in [-0.2, -0.15) is 10.0 Å². The van der Waals surface area contributed by atoms with Gasteiger partial charge in [-0.15, -0.1) is 0 Å². The highest BCUT2D eigenvalue weighted by Gasteiger charge is 2.43. The molecule has 1 atom stereocenters. The Morgan fingerprint density at radius 2 is 1.45 bits per heavy atom. The molecule has 0 N–H and O–H groups in total. The number of halogens is 2. The topological polar surface area (TPSA) is 59.1 Å². The van der Waals surface area contributed by atoms with Crippen LogP contribution in [0.4, 0.5) is 14.0 Å². The molecule has 6 nitrogen and oxygen atoms in total. The molecule has 164 valence electrons. The number of hydrogen-bond donors (Lipinski definition) is 0. The fourth-order valence-electron chi connectivity index (χ4n) is 3.16. The van der Waals surface area contributed by atoms with E-state index in [1.54, 1.807) is 45.9 Å². The molecule has 2 aromatic carbocycles. The van der Waals surface area contributed by atoms with Crippen LogP contribution in [0.2, 0.25) is 0 Å². The van der Waals surface area contributed by atoms with Crippen LogP contribution >= 0.6 is 15.9 Å². The van der Waals surface area contributed by atoms with Gasteiger partial charge in [0.25, 0.3) is 0 Å². The third kappa shape index (κ3) is 5.25. The minimum absolute atomic E-state index is 0.397. The van der Waals surface area contributed by atoms with Crippen molar-refractivity contribution < 1.29 is 23.5 Å². The molecule has 1 aliphatic heterocycles. The zero-order chi connectivity index (χ0) is 22.7. The van der Waals surface area contributed by atoms with Crippen LogP contribution in [0, 0.1) is 5.82 Å². The normalized spacial score (nSPS) is 16.0. The van der Waals surface area contributed by atoms with Gasteiger partial charge >= 0.3 is 12.2 Å². The average molecular weight is 491 g/mol. The maximum atomic E-state index is 13.5. The lowest BCUT2D eigenvalue weighted by atomic mass is 10.0. The third-order valence-electron chi connectivity index (χ3n) is 4.41. The van der Waals surface area contributed by atoms with E-state index in [0.717, 1.165) is 4.47 Å². The largest absolute Gasteiger partial charge is 0.445 e. The molecule has 0 fully saturated rings. The first kappa shape index (κ1) is 22.8. The highest BCUT2D eigenvalue weighted by Crippen LogP contribution is 2.40. The number of benzene rings is 2. The summed E-state index contributed by atoms with van der Waals surface area (Å²) in [6, 6.07) is 12.4. The zero-order valence-electron chi connectivity index (χ0n) is 17.7. The van der Waals surface area contributed by atoms with Crippen LogP contribution < -0.4 is 0 Å². The number of ether oxygens (including phenoxy) is 2. The van der Waals surface area contributed by atoms with Gasteiger partial charge in [0.2, 0.25) is 0 Å². The molecule has 8 heteroatoms. The summed E-state index contributed by atoms with van der Waals surface area (Å²) in [6.07, 6.45) is -0.463. The molecule has 0 radical (unpaired) electrons. The van der Waals surface area contributed by atoms with E-state index in [-0.39, 0.29) is 0 Å². The van der Waals surface area contributed by atoms with Crippen LogP contribution in [0.15, 0.2) is 59.1 Å². The van der Waals surface area contributed by atoms with Crippen molar-refractivity contribution in [3.8, 4) is 0 Å². The van der Waals surface area contributed by atoms with Gasteiger partial charge in [0.1, 0.15) is 11.9 Å². The van der Waals surface area contributed by atoms with Gasteiger partial charge in [0.15, 0.2) is 0 Å². The Morgan fingerprint density at radius 1 is 0.903 bits per heavy atom. The van der Waals surface area contributed by atoms with Crippen molar-refractivity contribution >= 4 is 33.8 Å². The van der Waals surface area contributed by atoms with Gasteiger partial charge in [-0.05, 0) is 63.6 Å². The van der Waals surface area contributed by atoms with Crippen molar-refractivity contribution in [2.24, 2.45) is 0 Å². The smallest absolute Gasteiger partial charge is 0.434 e. The Balaban J connectivity index is 2.13. The third-order valence-corrected chi connectivity index (χ3v) is 4.94. The predicted octanol–water partition coefficient (Wildman–Crippen LogP) is 6.29. The SMILES string of the molecule is CC(C)OC(=O)N1C(c2ccc(Br)cc2)=CC(c2ccc(F)cc2)N1C(=O)OC(C)C. The minimum atomic E-state index is -0.714. The molecule has 0 aromatic heterocycles. The summed E-state index contributed by atoms with van der Waals surface area (Å²) in [5.41, 5.74) is 1.79. The molecule has 1 heterocycles. The van der Waals surface area contributed by atoms with E-state index in [4.69, 9.17) is 9.47 Å². The standard InChI is InChI=1S/C23H24BrFN2O4/c1-14(2)30-22(28)26-20(16-5-9-18(24)10-6-16)13-21(17-7-11-19(25)12-8-17)27(26)23(29)31-15(3)4/h5-15,21H,1-4H3. The molecule has 3 rings (SSSR count). The molecule has 0 aliphatic carbocycles. The first-order valence-electron chi connectivity index (χ1n) is 9.91. The molecule has 2 amide bonds. The van der Waals surface area contributed by atoms with Gasteiger partial charge in [0.05, 0.1) is 17.9 Å². The van der Waals surface area contributed by atoms with Crippen molar-refractivity contribution in [2.45, 2.75) is 45.9 Å². The van der Waals surface area contributed by atoms with Crippen molar-refractivity contribution in [3.05, 3.63) is 76.0 Å². The van der Waals surface area contributed by atoms with E-state index in [9.17, 15) is 14.0 Å². The summed E-state index contributed by atoms with van der Waals surface area (Å²) in [6.45, 7) is 6.90. The Hall–Kier alpha value is -2.87. The first-order chi connectivity index (χ1) is 14.7. The molecule has 2 aromatic rings. The van der Waals surface area contributed by atoms with Crippen molar-refractivity contribution in [1.29, 1.82) is 0 Å². The molecular weight excluding hydrogens is 467 g/mol. The lowest BCUT2D eigenvalue weighted by Gasteiger charge is -2.33. The first-order valence-corrected chi connectivity index (χ1v) is 10.7. The van der Waals surface area contributed by atoms with Gasteiger partial charge in [0, 0.05) is 10.0 Å². The highest BCUT2D eigenvalue weighted by atomic mass is 79.9. The second kappa shape index (κ2) is 9.51. The van der Waals surface area contributed by atoms with Gasteiger partial charge < -0.3 is 9.47 Å². The number of rotatable bonds is 4. The number of carbonyl (C=O) groups is 2. The molecule has 0 spiro atoms. The number of carbonyl (C=O) groups excluding carboxylic acids is 2. The Bertz CT molecular complexity index is 974. The van der Waals surface area contributed by atoms with E-state index in [2.05, 4.69) is 15.9 Å². The lowest BCUT2D eigenvalue weighted by molar-refractivity contribution is -0.0111. The fraction of sp³-hybridized carbons (Fsp3) is 0.304. The number of nitrogens with zero attached hydrogens (tertiary/aromatic N) is 2. The minimum Gasteiger partial charge on any atom is -0.445 e. The molecule has 0 bridgehead atoms. The van der Waals surface area contributed by atoms with Crippen LogP contribution in [0.5, 0.6) is 0 Å². The molecular formula is C23H24BrFN2O4. The Labute approximate surface area is 189 Å². The summed E-state index contributed by atoms with van der Waals surface area (Å²) in [4.78, 5) is 26.2. The second-order valence-electron chi connectivity index (χ2n) is 7.58. The van der Waals surface area contributed by atoms with Crippen LogP contribution in [-0.2, 0) is 9.47 Å². The van der Waals surface area contributed by atoms with Crippen LogP contribution in [0.3, 0.4) is 0 Å². The van der Waals surface area contributed by atoms with Crippen LogP contribution in [-0.4, -0.2) is 34.4 Å². The van der Waals surface area contributed by atoms with Gasteiger partial charge in [-0.1, -0.05) is 40.2 Å². The summed E-state index contributed by atoms with van der Waals surface area (Å²) in [7, 11) is 0. The maximum absolute atomic E-state index is 13.5.